The number of hydrogen-bond acceptors (Lipinski definition) is 3. The third kappa shape index (κ3) is 2.53. The van der Waals surface area contributed by atoms with Crippen molar-refractivity contribution in [2.24, 2.45) is 5.92 Å². The van der Waals surface area contributed by atoms with E-state index in [0.29, 0.717) is 6.04 Å². The summed E-state index contributed by atoms with van der Waals surface area (Å²) in [6.07, 6.45) is 2.60. The number of likely N-dealkylation sites (N-methyl/N-ethyl adjacent to an activating group) is 1. The van der Waals surface area contributed by atoms with Gasteiger partial charge in [-0.15, -0.1) is 11.3 Å². The van der Waals surface area contributed by atoms with Crippen molar-refractivity contribution < 1.29 is 0 Å². The molecule has 14 heavy (non-hydrogen) atoms. The van der Waals surface area contributed by atoms with Crippen LogP contribution in [0.3, 0.4) is 0 Å². The fraction of sp³-hybridized carbons (Fsp3) is 0.636. The van der Waals surface area contributed by atoms with Gasteiger partial charge in [-0.05, 0) is 48.8 Å². The predicted molar refractivity (Wildman–Crippen MR) is 66.3 cm³/mol. The lowest BCUT2D eigenvalue weighted by atomic mass is 9.96. The number of thiophene rings is 1. The Morgan fingerprint density at radius 1 is 1.64 bits per heavy atom. The molecule has 0 amide bonds. The zero-order valence-corrected chi connectivity index (χ0v) is 10.2. The highest BCUT2D eigenvalue weighted by molar-refractivity contribution is 7.99. The fourth-order valence-corrected chi connectivity index (χ4v) is 4.12. The van der Waals surface area contributed by atoms with E-state index in [2.05, 4.69) is 41.6 Å². The van der Waals surface area contributed by atoms with Crippen LogP contribution in [0.25, 0.3) is 0 Å². The largest absolute Gasteiger partial charge is 0.316 e. The van der Waals surface area contributed by atoms with Crippen LogP contribution < -0.4 is 5.32 Å². The molecule has 3 heteroatoms. The van der Waals surface area contributed by atoms with E-state index in [1.54, 1.807) is 0 Å². The third-order valence-electron chi connectivity index (χ3n) is 2.91. The second-order valence-corrected chi connectivity index (χ2v) is 5.98. The second-order valence-electron chi connectivity index (χ2n) is 3.80. The van der Waals surface area contributed by atoms with Crippen LogP contribution in [-0.4, -0.2) is 24.6 Å². The van der Waals surface area contributed by atoms with Crippen molar-refractivity contribution in [3.63, 3.8) is 0 Å². The Balaban J connectivity index is 1.92. The van der Waals surface area contributed by atoms with Gasteiger partial charge in [0.1, 0.15) is 0 Å². The Bertz CT molecular complexity index is 252. The molecule has 0 bridgehead atoms. The lowest BCUT2D eigenvalue weighted by molar-refractivity contribution is 0.406. The Labute approximate surface area is 94.3 Å². The normalized spacial score (nSPS) is 23.9. The molecule has 1 aliphatic heterocycles. The highest BCUT2D eigenvalue weighted by Gasteiger charge is 2.24. The molecule has 0 saturated carbocycles. The quantitative estimate of drug-likeness (QED) is 0.848. The molecule has 0 aliphatic carbocycles. The molecule has 1 aromatic heterocycles. The minimum atomic E-state index is 0.684. The van der Waals surface area contributed by atoms with Gasteiger partial charge >= 0.3 is 0 Å². The topological polar surface area (TPSA) is 12.0 Å². The van der Waals surface area contributed by atoms with Gasteiger partial charge in [-0.2, -0.15) is 11.8 Å². The average molecular weight is 227 g/mol. The molecule has 0 spiro atoms. The van der Waals surface area contributed by atoms with Gasteiger partial charge in [0.2, 0.25) is 0 Å². The first-order valence-electron chi connectivity index (χ1n) is 5.17. The summed E-state index contributed by atoms with van der Waals surface area (Å²) in [6.45, 7) is 0. The molecule has 1 aliphatic rings. The van der Waals surface area contributed by atoms with Crippen LogP contribution in [0, 0.1) is 5.92 Å². The van der Waals surface area contributed by atoms with Crippen molar-refractivity contribution in [3.8, 4) is 0 Å². The number of nitrogens with one attached hydrogen (secondary N) is 1. The SMILES string of the molecule is CNC(Cc1cccs1)C1CCSC1. The van der Waals surface area contributed by atoms with Gasteiger partial charge in [0.25, 0.3) is 0 Å². The maximum absolute atomic E-state index is 3.48. The van der Waals surface area contributed by atoms with Crippen molar-refractivity contribution in [1.82, 2.24) is 5.32 Å². The first-order valence-corrected chi connectivity index (χ1v) is 7.21. The van der Waals surface area contributed by atoms with E-state index in [4.69, 9.17) is 0 Å². The van der Waals surface area contributed by atoms with Crippen LogP contribution in [0.1, 0.15) is 11.3 Å². The monoisotopic (exact) mass is 227 g/mol. The molecule has 2 atom stereocenters. The summed E-state index contributed by atoms with van der Waals surface area (Å²) >= 11 is 3.98. The van der Waals surface area contributed by atoms with Gasteiger partial charge in [-0.1, -0.05) is 6.07 Å². The number of hydrogen-bond donors (Lipinski definition) is 1. The molecule has 2 unspecified atom stereocenters. The Hall–Kier alpha value is 0.01000. The smallest absolute Gasteiger partial charge is 0.0149 e. The van der Waals surface area contributed by atoms with Crippen LogP contribution in [0.4, 0.5) is 0 Å². The van der Waals surface area contributed by atoms with Crippen molar-refractivity contribution in [2.45, 2.75) is 18.9 Å². The molecular formula is C11H17NS2. The van der Waals surface area contributed by atoms with Crippen molar-refractivity contribution in [3.05, 3.63) is 22.4 Å². The van der Waals surface area contributed by atoms with Crippen LogP contribution in [0.5, 0.6) is 0 Å². The summed E-state index contributed by atoms with van der Waals surface area (Å²) in [7, 11) is 2.10. The second kappa shape index (κ2) is 5.19. The van der Waals surface area contributed by atoms with Gasteiger partial charge in [0.15, 0.2) is 0 Å². The average Bonchev–Trinajstić information content (AvgIpc) is 2.86. The van der Waals surface area contributed by atoms with Crippen molar-refractivity contribution in [1.29, 1.82) is 0 Å². The molecule has 0 aromatic carbocycles. The summed E-state index contributed by atoms with van der Waals surface area (Å²) in [6, 6.07) is 5.08. The number of thioether (sulfide) groups is 1. The van der Waals surface area contributed by atoms with Gasteiger partial charge < -0.3 is 5.32 Å². The maximum Gasteiger partial charge on any atom is 0.0149 e. The Morgan fingerprint density at radius 3 is 3.14 bits per heavy atom. The van der Waals surface area contributed by atoms with E-state index in [1.807, 2.05) is 11.3 Å². The summed E-state index contributed by atoms with van der Waals surface area (Å²) in [4.78, 5) is 1.52. The first kappa shape index (κ1) is 10.5. The van der Waals surface area contributed by atoms with Crippen LogP contribution >= 0.6 is 23.1 Å². The van der Waals surface area contributed by atoms with Gasteiger partial charge in [-0.25, -0.2) is 0 Å². The highest BCUT2D eigenvalue weighted by atomic mass is 32.2. The van der Waals surface area contributed by atoms with Crippen molar-refractivity contribution >= 4 is 23.1 Å². The summed E-state index contributed by atoms with van der Waals surface area (Å²) in [5.74, 6) is 3.58. The third-order valence-corrected chi connectivity index (χ3v) is 4.99. The van der Waals surface area contributed by atoms with Crippen LogP contribution in [-0.2, 0) is 6.42 Å². The molecule has 2 rings (SSSR count). The molecule has 1 N–H and O–H groups in total. The standard InChI is InChI=1S/C11H17NS2/c1-12-11(9-4-6-13-8-9)7-10-3-2-5-14-10/h2-3,5,9,11-12H,4,6-8H2,1H3. The van der Waals surface area contributed by atoms with Gasteiger partial charge in [-0.3, -0.25) is 0 Å². The number of rotatable bonds is 4. The van der Waals surface area contributed by atoms with E-state index < -0.39 is 0 Å². The van der Waals surface area contributed by atoms with Gasteiger partial charge in [0.05, 0.1) is 0 Å². The fourth-order valence-electron chi connectivity index (χ4n) is 2.02. The maximum atomic E-state index is 3.48. The Kier molecular flexibility index (Phi) is 3.90. The Morgan fingerprint density at radius 2 is 2.57 bits per heavy atom. The van der Waals surface area contributed by atoms with Crippen molar-refractivity contribution in [2.75, 3.05) is 18.6 Å². The van der Waals surface area contributed by atoms with E-state index >= 15 is 0 Å². The zero-order valence-electron chi connectivity index (χ0n) is 8.53. The molecule has 2 heterocycles. The molecule has 0 radical (unpaired) electrons. The molecular weight excluding hydrogens is 210 g/mol. The molecule has 1 aromatic rings. The lowest BCUT2D eigenvalue weighted by Gasteiger charge is -2.21. The van der Waals surface area contributed by atoms with Crippen LogP contribution in [0.2, 0.25) is 0 Å². The summed E-state index contributed by atoms with van der Waals surface area (Å²) in [5.41, 5.74) is 0. The molecule has 78 valence electrons. The molecule has 1 nitrogen and oxygen atoms in total. The van der Waals surface area contributed by atoms with E-state index in [0.717, 1.165) is 5.92 Å². The summed E-state index contributed by atoms with van der Waals surface area (Å²) in [5, 5.41) is 5.65. The van der Waals surface area contributed by atoms with Gasteiger partial charge in [0, 0.05) is 10.9 Å². The minimum absolute atomic E-state index is 0.684. The first-order chi connectivity index (χ1) is 6.90. The minimum Gasteiger partial charge on any atom is -0.316 e. The van der Waals surface area contributed by atoms with Crippen LogP contribution in [0.15, 0.2) is 17.5 Å². The molecule has 1 saturated heterocycles. The zero-order chi connectivity index (χ0) is 9.80. The lowest BCUT2D eigenvalue weighted by Crippen LogP contribution is -2.35. The summed E-state index contributed by atoms with van der Waals surface area (Å²) < 4.78 is 0. The highest BCUT2D eigenvalue weighted by Crippen LogP contribution is 2.28. The molecule has 1 fully saturated rings. The predicted octanol–water partition coefficient (Wildman–Crippen LogP) is 2.63. The van der Waals surface area contributed by atoms with E-state index in [1.165, 1.54) is 29.2 Å². The van der Waals surface area contributed by atoms with E-state index in [-0.39, 0.29) is 0 Å². The van der Waals surface area contributed by atoms with E-state index in [9.17, 15) is 0 Å².